The second-order valence-electron chi connectivity index (χ2n) is 5.37. The zero-order chi connectivity index (χ0) is 17.9. The lowest BCUT2D eigenvalue weighted by Gasteiger charge is -2.05. The lowest BCUT2D eigenvalue weighted by molar-refractivity contribution is 0.576. The molecular formula is C17H17ClN2O3S2. The number of rotatable bonds is 7. The Morgan fingerprint density at radius 1 is 1.24 bits per heavy atom. The highest BCUT2D eigenvalue weighted by Gasteiger charge is 2.28. The summed E-state index contributed by atoms with van der Waals surface area (Å²) < 4.78 is 31.7. The van der Waals surface area contributed by atoms with Crippen molar-refractivity contribution in [3.8, 4) is 10.8 Å². The Morgan fingerprint density at radius 3 is 2.64 bits per heavy atom. The summed E-state index contributed by atoms with van der Waals surface area (Å²) in [6.07, 6.45) is 1.88. The van der Waals surface area contributed by atoms with Gasteiger partial charge in [-0.1, -0.05) is 31.0 Å². The van der Waals surface area contributed by atoms with Crippen LogP contribution in [0.2, 0.25) is 5.02 Å². The number of thiophene rings is 1. The van der Waals surface area contributed by atoms with Crippen molar-refractivity contribution >= 4 is 38.7 Å². The van der Waals surface area contributed by atoms with Crippen LogP contribution in [0, 0.1) is 0 Å². The summed E-state index contributed by atoms with van der Waals surface area (Å²) in [6.45, 7) is 2.67. The van der Waals surface area contributed by atoms with Gasteiger partial charge in [-0.2, -0.15) is 4.98 Å². The van der Waals surface area contributed by atoms with E-state index in [9.17, 15) is 8.42 Å². The first-order chi connectivity index (χ1) is 12.0. The van der Waals surface area contributed by atoms with E-state index in [4.69, 9.17) is 16.0 Å². The normalized spacial score (nSPS) is 11.6. The van der Waals surface area contributed by atoms with Gasteiger partial charge in [0, 0.05) is 11.6 Å². The standard InChI is InChI=1S/C17H17ClN2O3S2/c1-2-3-10-19-16-17(20-15(23-16)14-5-4-11-24-14)25(21,22)13-8-6-12(18)7-9-13/h4-9,11,19H,2-3,10H2,1H3. The topological polar surface area (TPSA) is 72.2 Å². The fourth-order valence-corrected chi connectivity index (χ4v) is 4.26. The highest BCUT2D eigenvalue weighted by Crippen LogP contribution is 2.34. The molecule has 1 N–H and O–H groups in total. The molecule has 2 aromatic heterocycles. The minimum absolute atomic E-state index is 0.102. The van der Waals surface area contributed by atoms with Crippen LogP contribution in [-0.2, 0) is 9.84 Å². The maximum Gasteiger partial charge on any atom is 0.240 e. The lowest BCUT2D eigenvalue weighted by Crippen LogP contribution is -2.08. The van der Waals surface area contributed by atoms with Crippen LogP contribution in [0.3, 0.4) is 0 Å². The molecule has 0 radical (unpaired) electrons. The molecule has 8 heteroatoms. The molecule has 0 fully saturated rings. The molecule has 1 aromatic carbocycles. The number of benzene rings is 1. The molecule has 132 valence electrons. The maximum atomic E-state index is 13.0. The SMILES string of the molecule is CCCCNc1oc(-c2cccs2)nc1S(=O)(=O)c1ccc(Cl)cc1. The van der Waals surface area contributed by atoms with E-state index in [0.29, 0.717) is 17.5 Å². The molecule has 0 bridgehead atoms. The van der Waals surface area contributed by atoms with E-state index >= 15 is 0 Å². The van der Waals surface area contributed by atoms with Crippen LogP contribution < -0.4 is 5.32 Å². The van der Waals surface area contributed by atoms with E-state index in [1.165, 1.54) is 23.5 Å². The molecule has 0 saturated carbocycles. The molecule has 0 amide bonds. The van der Waals surface area contributed by atoms with Gasteiger partial charge in [0.15, 0.2) is 0 Å². The minimum atomic E-state index is -3.82. The van der Waals surface area contributed by atoms with Gasteiger partial charge in [-0.05, 0) is 42.1 Å². The van der Waals surface area contributed by atoms with Crippen LogP contribution in [0.15, 0.2) is 56.1 Å². The van der Waals surface area contributed by atoms with Crippen LogP contribution in [0.4, 0.5) is 5.88 Å². The molecule has 25 heavy (non-hydrogen) atoms. The molecule has 2 heterocycles. The Kier molecular flexibility index (Phi) is 5.46. The first-order valence-corrected chi connectivity index (χ1v) is 10.6. The third-order valence-corrected chi connectivity index (χ3v) is 6.31. The number of nitrogens with zero attached hydrogens (tertiary/aromatic N) is 1. The van der Waals surface area contributed by atoms with Gasteiger partial charge in [0.25, 0.3) is 0 Å². The smallest absolute Gasteiger partial charge is 0.240 e. The molecule has 0 spiro atoms. The average Bonchev–Trinajstić information content (AvgIpc) is 3.25. The monoisotopic (exact) mass is 396 g/mol. The number of anilines is 1. The number of unbranched alkanes of at least 4 members (excludes halogenated alkanes) is 1. The largest absolute Gasteiger partial charge is 0.418 e. The van der Waals surface area contributed by atoms with Crippen LogP contribution in [0.5, 0.6) is 0 Å². The van der Waals surface area contributed by atoms with Gasteiger partial charge in [-0.25, -0.2) is 8.42 Å². The molecule has 0 aliphatic carbocycles. The van der Waals surface area contributed by atoms with Crippen LogP contribution in [0.1, 0.15) is 19.8 Å². The Morgan fingerprint density at radius 2 is 2.00 bits per heavy atom. The first-order valence-electron chi connectivity index (χ1n) is 7.81. The summed E-state index contributed by atoms with van der Waals surface area (Å²) in [4.78, 5) is 5.16. The highest BCUT2D eigenvalue weighted by atomic mass is 35.5. The molecule has 0 aliphatic rings. The summed E-state index contributed by atoms with van der Waals surface area (Å²) in [6, 6.07) is 9.71. The second kappa shape index (κ2) is 7.59. The summed E-state index contributed by atoms with van der Waals surface area (Å²) in [5.74, 6) is 0.466. The van der Waals surface area contributed by atoms with Gasteiger partial charge in [0.1, 0.15) is 0 Å². The van der Waals surface area contributed by atoms with Gasteiger partial charge in [0.05, 0.1) is 9.77 Å². The fraction of sp³-hybridized carbons (Fsp3) is 0.235. The Hall–Kier alpha value is -1.83. The molecular weight excluding hydrogens is 380 g/mol. The average molecular weight is 397 g/mol. The van der Waals surface area contributed by atoms with E-state index in [0.717, 1.165) is 17.7 Å². The predicted molar refractivity (Wildman–Crippen MR) is 100 cm³/mol. The van der Waals surface area contributed by atoms with Gasteiger partial charge in [-0.3, -0.25) is 0 Å². The number of sulfone groups is 1. The number of hydrogen-bond donors (Lipinski definition) is 1. The molecule has 0 unspecified atom stereocenters. The number of halogens is 1. The van der Waals surface area contributed by atoms with Crippen molar-refractivity contribution in [3.63, 3.8) is 0 Å². The second-order valence-corrected chi connectivity index (χ2v) is 8.62. The van der Waals surface area contributed by atoms with Gasteiger partial charge in [-0.15, -0.1) is 11.3 Å². The fourth-order valence-electron chi connectivity index (χ4n) is 2.21. The van der Waals surface area contributed by atoms with Crippen LogP contribution >= 0.6 is 22.9 Å². The number of nitrogens with one attached hydrogen (secondary N) is 1. The van der Waals surface area contributed by atoms with Crippen molar-refractivity contribution in [2.75, 3.05) is 11.9 Å². The van der Waals surface area contributed by atoms with Crippen LogP contribution in [0.25, 0.3) is 10.8 Å². The summed E-state index contributed by atoms with van der Waals surface area (Å²) in [5.41, 5.74) is 0. The molecule has 5 nitrogen and oxygen atoms in total. The van der Waals surface area contributed by atoms with Crippen molar-refractivity contribution in [2.45, 2.75) is 29.7 Å². The summed E-state index contributed by atoms with van der Waals surface area (Å²) >= 11 is 7.29. The molecule has 0 aliphatic heterocycles. The third kappa shape index (κ3) is 3.89. The molecule has 0 atom stereocenters. The zero-order valence-corrected chi connectivity index (χ0v) is 15.9. The highest BCUT2D eigenvalue weighted by molar-refractivity contribution is 7.91. The number of hydrogen-bond acceptors (Lipinski definition) is 6. The van der Waals surface area contributed by atoms with Gasteiger partial charge in [0.2, 0.25) is 26.6 Å². The van der Waals surface area contributed by atoms with E-state index < -0.39 is 9.84 Å². The van der Waals surface area contributed by atoms with Crippen LogP contribution in [-0.4, -0.2) is 19.9 Å². The minimum Gasteiger partial charge on any atom is -0.418 e. The van der Waals surface area contributed by atoms with Crippen molar-refractivity contribution in [1.82, 2.24) is 4.98 Å². The molecule has 0 saturated heterocycles. The first kappa shape index (κ1) is 18.0. The van der Waals surface area contributed by atoms with E-state index in [2.05, 4.69) is 17.2 Å². The van der Waals surface area contributed by atoms with Crippen molar-refractivity contribution < 1.29 is 12.8 Å². The Balaban J connectivity index is 2.04. The summed E-state index contributed by atoms with van der Waals surface area (Å²) in [5, 5.41) is 5.31. The van der Waals surface area contributed by atoms with Crippen molar-refractivity contribution in [3.05, 3.63) is 46.8 Å². The molecule has 3 aromatic rings. The lowest BCUT2D eigenvalue weighted by atomic mass is 10.3. The zero-order valence-electron chi connectivity index (χ0n) is 13.5. The predicted octanol–water partition coefficient (Wildman–Crippen LogP) is 5.10. The Bertz CT molecular complexity index is 933. The number of oxazole rings is 1. The number of aromatic nitrogens is 1. The van der Waals surface area contributed by atoms with Gasteiger partial charge < -0.3 is 9.73 Å². The third-order valence-electron chi connectivity index (χ3n) is 3.52. The quantitative estimate of drug-likeness (QED) is 0.562. The van der Waals surface area contributed by atoms with Gasteiger partial charge >= 0.3 is 0 Å². The molecule has 3 rings (SSSR count). The summed E-state index contributed by atoms with van der Waals surface area (Å²) in [7, 11) is -3.82. The maximum absolute atomic E-state index is 13.0. The van der Waals surface area contributed by atoms with Crippen molar-refractivity contribution in [1.29, 1.82) is 0 Å². The van der Waals surface area contributed by atoms with Crippen molar-refractivity contribution in [2.24, 2.45) is 0 Å². The van der Waals surface area contributed by atoms with E-state index in [1.807, 2.05) is 17.5 Å². The van der Waals surface area contributed by atoms with E-state index in [-0.39, 0.29) is 15.8 Å². The van der Waals surface area contributed by atoms with E-state index in [1.54, 1.807) is 12.1 Å². The Labute approximate surface area is 155 Å².